The number of rotatable bonds is 7. The molecule has 1 aromatic rings. The Morgan fingerprint density at radius 2 is 2.06 bits per heavy atom. The summed E-state index contributed by atoms with van der Waals surface area (Å²) in [6.45, 7) is 12.7. The predicted molar refractivity (Wildman–Crippen MR) is 83.2 cm³/mol. The van der Waals surface area contributed by atoms with E-state index in [1.807, 2.05) is 11.3 Å². The summed E-state index contributed by atoms with van der Waals surface area (Å²) in [5.41, 5.74) is 0.435. The van der Waals surface area contributed by atoms with Crippen LogP contribution >= 0.6 is 11.3 Å². The molecule has 0 amide bonds. The second kappa shape index (κ2) is 7.30. The van der Waals surface area contributed by atoms with Gasteiger partial charge < -0.3 is 5.32 Å². The molecule has 2 atom stereocenters. The molecule has 0 radical (unpaired) electrons. The molecule has 1 N–H and O–H groups in total. The molecule has 0 saturated carbocycles. The zero-order valence-electron chi connectivity index (χ0n) is 12.6. The van der Waals surface area contributed by atoms with Crippen LogP contribution in [0, 0.1) is 11.3 Å². The molecule has 1 nitrogen and oxygen atoms in total. The first-order valence-electron chi connectivity index (χ1n) is 7.19. The van der Waals surface area contributed by atoms with E-state index < -0.39 is 0 Å². The van der Waals surface area contributed by atoms with Crippen LogP contribution in [-0.4, -0.2) is 6.54 Å². The smallest absolute Gasteiger partial charge is 0.0417 e. The van der Waals surface area contributed by atoms with E-state index in [0.29, 0.717) is 11.5 Å². The molecular formula is C16H29NS. The van der Waals surface area contributed by atoms with Crippen LogP contribution in [0.15, 0.2) is 17.5 Å². The normalized spacial score (nSPS) is 15.6. The van der Waals surface area contributed by atoms with Gasteiger partial charge in [0.15, 0.2) is 0 Å². The van der Waals surface area contributed by atoms with Crippen molar-refractivity contribution in [1.82, 2.24) is 5.32 Å². The average Bonchev–Trinajstić information content (AvgIpc) is 2.74. The quantitative estimate of drug-likeness (QED) is 0.711. The third-order valence-electron chi connectivity index (χ3n) is 3.13. The molecule has 2 heteroatoms. The fraction of sp³-hybridized carbons (Fsp3) is 0.750. The van der Waals surface area contributed by atoms with Crippen molar-refractivity contribution in [2.24, 2.45) is 11.3 Å². The van der Waals surface area contributed by atoms with Gasteiger partial charge in [-0.1, -0.05) is 40.7 Å². The summed E-state index contributed by atoms with van der Waals surface area (Å²) in [4.78, 5) is 1.49. The molecule has 1 aromatic heterocycles. The minimum Gasteiger partial charge on any atom is -0.309 e. The Morgan fingerprint density at radius 3 is 2.56 bits per heavy atom. The molecule has 0 saturated heterocycles. The van der Waals surface area contributed by atoms with E-state index >= 15 is 0 Å². The first-order valence-corrected chi connectivity index (χ1v) is 8.07. The maximum atomic E-state index is 3.70. The van der Waals surface area contributed by atoms with Crippen LogP contribution in [-0.2, 0) is 0 Å². The molecule has 0 aliphatic heterocycles. The largest absolute Gasteiger partial charge is 0.309 e. The van der Waals surface area contributed by atoms with Crippen molar-refractivity contribution in [3.8, 4) is 0 Å². The zero-order chi connectivity index (χ0) is 13.6. The van der Waals surface area contributed by atoms with Crippen molar-refractivity contribution < 1.29 is 0 Å². The van der Waals surface area contributed by atoms with Gasteiger partial charge in [0.05, 0.1) is 0 Å². The highest BCUT2D eigenvalue weighted by atomic mass is 32.1. The lowest BCUT2D eigenvalue weighted by atomic mass is 9.83. The van der Waals surface area contributed by atoms with Gasteiger partial charge in [0, 0.05) is 10.9 Å². The van der Waals surface area contributed by atoms with Crippen LogP contribution in [0.1, 0.15) is 64.8 Å². The highest BCUT2D eigenvalue weighted by Crippen LogP contribution is 2.31. The van der Waals surface area contributed by atoms with Gasteiger partial charge in [-0.15, -0.1) is 11.3 Å². The summed E-state index contributed by atoms with van der Waals surface area (Å²) in [6.07, 6.45) is 3.75. The van der Waals surface area contributed by atoms with Gasteiger partial charge in [-0.25, -0.2) is 0 Å². The minimum absolute atomic E-state index is 0.435. The van der Waals surface area contributed by atoms with E-state index in [2.05, 4.69) is 57.4 Å². The van der Waals surface area contributed by atoms with Crippen LogP contribution in [0.25, 0.3) is 0 Å². The summed E-state index contributed by atoms with van der Waals surface area (Å²) in [6, 6.07) is 4.97. The molecule has 0 spiro atoms. The standard InChI is InChI=1S/C16H29NS/c1-6-9-17-14(15-8-7-10-18-15)11-13(2)12-16(3,4)5/h7-8,10,13-14,17H,6,9,11-12H2,1-5H3. The van der Waals surface area contributed by atoms with Crippen LogP contribution in [0.3, 0.4) is 0 Å². The van der Waals surface area contributed by atoms with Crippen LogP contribution < -0.4 is 5.32 Å². The van der Waals surface area contributed by atoms with Crippen LogP contribution in [0.4, 0.5) is 0 Å². The lowest BCUT2D eigenvalue weighted by Gasteiger charge is -2.27. The average molecular weight is 267 g/mol. The Morgan fingerprint density at radius 1 is 1.33 bits per heavy atom. The zero-order valence-corrected chi connectivity index (χ0v) is 13.4. The predicted octanol–water partition coefficient (Wildman–Crippen LogP) is 5.25. The molecule has 0 aliphatic carbocycles. The third-order valence-corrected chi connectivity index (χ3v) is 4.11. The van der Waals surface area contributed by atoms with Gasteiger partial charge in [-0.3, -0.25) is 0 Å². The van der Waals surface area contributed by atoms with E-state index in [0.717, 1.165) is 12.5 Å². The lowest BCUT2D eigenvalue weighted by Crippen LogP contribution is -2.24. The maximum absolute atomic E-state index is 3.70. The van der Waals surface area contributed by atoms with Crippen molar-refractivity contribution in [2.75, 3.05) is 6.54 Å². The Kier molecular flexibility index (Phi) is 6.37. The van der Waals surface area contributed by atoms with E-state index in [1.54, 1.807) is 0 Å². The second-order valence-corrected chi connectivity index (χ2v) is 7.61. The molecule has 0 aliphatic rings. The first-order chi connectivity index (χ1) is 8.42. The van der Waals surface area contributed by atoms with Crippen molar-refractivity contribution in [3.63, 3.8) is 0 Å². The fourth-order valence-electron chi connectivity index (χ4n) is 2.64. The molecule has 0 aromatic carbocycles. The Bertz CT molecular complexity index is 310. The Balaban J connectivity index is 2.56. The SMILES string of the molecule is CCCNC(CC(C)CC(C)(C)C)c1cccs1. The Hall–Kier alpha value is -0.340. The van der Waals surface area contributed by atoms with E-state index in [-0.39, 0.29) is 0 Å². The molecule has 0 bridgehead atoms. The van der Waals surface area contributed by atoms with Crippen LogP contribution in [0.2, 0.25) is 0 Å². The molecule has 1 rings (SSSR count). The van der Waals surface area contributed by atoms with Crippen molar-refractivity contribution >= 4 is 11.3 Å². The minimum atomic E-state index is 0.435. The summed E-state index contributed by atoms with van der Waals surface area (Å²) in [7, 11) is 0. The van der Waals surface area contributed by atoms with Gasteiger partial charge >= 0.3 is 0 Å². The third kappa shape index (κ3) is 6.01. The van der Waals surface area contributed by atoms with Crippen molar-refractivity contribution in [3.05, 3.63) is 22.4 Å². The molecule has 1 heterocycles. The lowest BCUT2D eigenvalue weighted by molar-refractivity contribution is 0.277. The number of hydrogen-bond acceptors (Lipinski definition) is 2. The topological polar surface area (TPSA) is 12.0 Å². The van der Waals surface area contributed by atoms with E-state index in [4.69, 9.17) is 0 Å². The Labute approximate surface area is 117 Å². The van der Waals surface area contributed by atoms with Crippen molar-refractivity contribution in [1.29, 1.82) is 0 Å². The summed E-state index contributed by atoms with van der Waals surface area (Å²) >= 11 is 1.88. The highest BCUT2D eigenvalue weighted by molar-refractivity contribution is 7.10. The van der Waals surface area contributed by atoms with Gasteiger partial charge in [0.1, 0.15) is 0 Å². The van der Waals surface area contributed by atoms with Gasteiger partial charge in [0.2, 0.25) is 0 Å². The highest BCUT2D eigenvalue weighted by Gasteiger charge is 2.20. The van der Waals surface area contributed by atoms with E-state index in [9.17, 15) is 0 Å². The number of hydrogen-bond donors (Lipinski definition) is 1. The number of nitrogens with one attached hydrogen (secondary N) is 1. The van der Waals surface area contributed by atoms with Crippen LogP contribution in [0.5, 0.6) is 0 Å². The number of thiophene rings is 1. The molecule has 0 fully saturated rings. The monoisotopic (exact) mass is 267 g/mol. The van der Waals surface area contributed by atoms with E-state index in [1.165, 1.54) is 24.1 Å². The maximum Gasteiger partial charge on any atom is 0.0417 e. The van der Waals surface area contributed by atoms with Gasteiger partial charge in [-0.05, 0) is 48.6 Å². The summed E-state index contributed by atoms with van der Waals surface area (Å²) in [5, 5.41) is 5.88. The molecular weight excluding hydrogens is 238 g/mol. The summed E-state index contributed by atoms with van der Waals surface area (Å²) < 4.78 is 0. The first kappa shape index (κ1) is 15.7. The van der Waals surface area contributed by atoms with Gasteiger partial charge in [-0.2, -0.15) is 0 Å². The molecule has 18 heavy (non-hydrogen) atoms. The molecule has 104 valence electrons. The summed E-state index contributed by atoms with van der Waals surface area (Å²) in [5.74, 6) is 0.765. The molecule has 2 unspecified atom stereocenters. The second-order valence-electron chi connectivity index (χ2n) is 6.63. The van der Waals surface area contributed by atoms with Gasteiger partial charge in [0.25, 0.3) is 0 Å². The van der Waals surface area contributed by atoms with Crippen molar-refractivity contribution in [2.45, 2.75) is 59.9 Å². The fourth-order valence-corrected chi connectivity index (χ4v) is 3.45.